The van der Waals surface area contributed by atoms with Gasteiger partial charge in [-0.15, -0.1) is 0 Å². The Bertz CT molecular complexity index is 676. The molecule has 25 heavy (non-hydrogen) atoms. The molecule has 4 aliphatic heterocycles. The average Bonchev–Trinajstić information content (AvgIpc) is 2.67. The molecule has 1 aromatic rings. The van der Waals surface area contributed by atoms with Crippen molar-refractivity contribution in [1.29, 1.82) is 0 Å². The lowest BCUT2D eigenvalue weighted by Gasteiger charge is -2.39. The maximum absolute atomic E-state index is 11.4. The first-order valence-corrected chi connectivity index (χ1v) is 9.29. The molecule has 0 aliphatic carbocycles. The summed E-state index contributed by atoms with van der Waals surface area (Å²) in [6.07, 6.45) is 5.92. The molecule has 4 fully saturated rings. The number of hydrazone groups is 1. The summed E-state index contributed by atoms with van der Waals surface area (Å²) in [5, 5.41) is 16.0. The van der Waals surface area contributed by atoms with Crippen LogP contribution in [0.5, 0.6) is 0 Å². The zero-order valence-electron chi connectivity index (χ0n) is 14.5. The van der Waals surface area contributed by atoms with Gasteiger partial charge in [0.25, 0.3) is 5.69 Å². The van der Waals surface area contributed by atoms with E-state index < -0.39 is 0 Å². The number of benzene rings is 1. The summed E-state index contributed by atoms with van der Waals surface area (Å²) < 4.78 is 0. The van der Waals surface area contributed by atoms with Crippen LogP contribution in [0, 0.1) is 16.0 Å². The Morgan fingerprint density at radius 1 is 1.12 bits per heavy atom. The largest absolute Gasteiger partial charge is 0.371 e. The highest BCUT2D eigenvalue weighted by atomic mass is 16.6. The molecule has 0 saturated carbocycles. The van der Waals surface area contributed by atoms with Crippen LogP contribution in [-0.4, -0.2) is 48.3 Å². The van der Waals surface area contributed by atoms with E-state index in [1.165, 1.54) is 19.3 Å². The van der Waals surface area contributed by atoms with Gasteiger partial charge in [0.1, 0.15) is 5.69 Å². The Balaban J connectivity index is 1.57. The second-order valence-corrected chi connectivity index (χ2v) is 7.27. The van der Waals surface area contributed by atoms with Gasteiger partial charge in [-0.2, -0.15) is 5.10 Å². The number of nitro groups is 1. The first-order valence-electron chi connectivity index (χ1n) is 9.29. The van der Waals surface area contributed by atoms with Crippen molar-refractivity contribution < 1.29 is 4.92 Å². The second kappa shape index (κ2) is 7.00. The maximum atomic E-state index is 11.4. The van der Waals surface area contributed by atoms with Gasteiger partial charge in [0.2, 0.25) is 0 Å². The topological polar surface area (TPSA) is 74.0 Å². The molecule has 0 aromatic heterocycles. The van der Waals surface area contributed by atoms with Crippen molar-refractivity contribution in [2.24, 2.45) is 11.0 Å². The molecule has 134 valence electrons. The molecule has 1 N–H and O–H groups in total. The average molecular weight is 343 g/mol. The lowest BCUT2D eigenvalue weighted by Crippen LogP contribution is -2.48. The SMILES string of the molecule is O=[N+]([O-])c1ccc(N2CCCCC2)cc1N/N=C1\CN2CCC1CC2. The molecule has 0 amide bonds. The Hall–Kier alpha value is -2.15. The van der Waals surface area contributed by atoms with Crippen LogP contribution in [0.3, 0.4) is 0 Å². The number of nitrogens with zero attached hydrogens (tertiary/aromatic N) is 4. The number of hydrogen-bond donors (Lipinski definition) is 1. The van der Waals surface area contributed by atoms with E-state index in [1.807, 2.05) is 12.1 Å². The van der Waals surface area contributed by atoms with Crippen LogP contribution >= 0.6 is 0 Å². The van der Waals surface area contributed by atoms with E-state index in [1.54, 1.807) is 6.07 Å². The second-order valence-electron chi connectivity index (χ2n) is 7.27. The highest BCUT2D eigenvalue weighted by Crippen LogP contribution is 2.32. The summed E-state index contributed by atoms with van der Waals surface area (Å²) in [6, 6.07) is 5.34. The zero-order chi connectivity index (χ0) is 17.2. The Kier molecular flexibility index (Phi) is 4.57. The van der Waals surface area contributed by atoms with Crippen LogP contribution in [-0.2, 0) is 0 Å². The standard InChI is InChI=1S/C18H25N5O2/c24-23(25)18-5-4-15(22-8-2-1-3-9-22)12-16(18)19-20-17-13-21-10-6-14(17)7-11-21/h4-5,12,14,19H,1-3,6-11,13H2/b20-17+. The fourth-order valence-electron chi connectivity index (χ4n) is 4.16. The fraction of sp³-hybridized carbons (Fsp3) is 0.611. The van der Waals surface area contributed by atoms with E-state index in [0.29, 0.717) is 11.6 Å². The van der Waals surface area contributed by atoms with Crippen molar-refractivity contribution in [3.05, 3.63) is 28.3 Å². The summed E-state index contributed by atoms with van der Waals surface area (Å²) in [5.41, 5.74) is 5.79. The van der Waals surface area contributed by atoms with Gasteiger partial charge in [-0.25, -0.2) is 0 Å². The number of anilines is 2. The summed E-state index contributed by atoms with van der Waals surface area (Å²) in [5.74, 6) is 0.529. The molecule has 7 heteroatoms. The minimum Gasteiger partial charge on any atom is -0.371 e. The van der Waals surface area contributed by atoms with E-state index in [2.05, 4.69) is 20.3 Å². The van der Waals surface area contributed by atoms with Gasteiger partial charge in [-0.3, -0.25) is 20.4 Å². The van der Waals surface area contributed by atoms with Crippen LogP contribution in [0.15, 0.2) is 23.3 Å². The molecule has 0 unspecified atom stereocenters. The molecule has 2 bridgehead atoms. The molecule has 4 heterocycles. The lowest BCUT2D eigenvalue weighted by molar-refractivity contribution is -0.383. The maximum Gasteiger partial charge on any atom is 0.294 e. The Labute approximate surface area is 147 Å². The van der Waals surface area contributed by atoms with Crippen molar-refractivity contribution in [2.45, 2.75) is 32.1 Å². The van der Waals surface area contributed by atoms with E-state index in [0.717, 1.165) is 57.0 Å². The Morgan fingerprint density at radius 3 is 2.52 bits per heavy atom. The predicted octanol–water partition coefficient (Wildman–Crippen LogP) is 3.08. The number of nitrogens with one attached hydrogen (secondary N) is 1. The highest BCUT2D eigenvalue weighted by molar-refractivity contribution is 5.90. The van der Waals surface area contributed by atoms with Gasteiger partial charge in [0.15, 0.2) is 0 Å². The number of rotatable bonds is 4. The minimum absolute atomic E-state index is 0.0892. The van der Waals surface area contributed by atoms with Crippen LogP contribution in [0.4, 0.5) is 17.1 Å². The van der Waals surface area contributed by atoms with E-state index in [-0.39, 0.29) is 10.6 Å². The van der Waals surface area contributed by atoms with Crippen molar-refractivity contribution in [1.82, 2.24) is 4.90 Å². The molecule has 4 saturated heterocycles. The molecule has 0 radical (unpaired) electrons. The molecule has 0 spiro atoms. The van der Waals surface area contributed by atoms with Gasteiger partial charge in [-0.05, 0) is 57.3 Å². The van der Waals surface area contributed by atoms with Crippen molar-refractivity contribution in [3.63, 3.8) is 0 Å². The summed E-state index contributed by atoms with van der Waals surface area (Å²) in [4.78, 5) is 15.8. The van der Waals surface area contributed by atoms with Gasteiger partial charge >= 0.3 is 0 Å². The quantitative estimate of drug-likeness (QED) is 0.672. The van der Waals surface area contributed by atoms with Crippen LogP contribution in [0.2, 0.25) is 0 Å². The van der Waals surface area contributed by atoms with E-state index in [9.17, 15) is 10.1 Å². The van der Waals surface area contributed by atoms with Crippen molar-refractivity contribution in [3.8, 4) is 0 Å². The zero-order valence-corrected chi connectivity index (χ0v) is 14.5. The number of fused-ring (bicyclic) bond motifs is 3. The van der Waals surface area contributed by atoms with Gasteiger partial charge < -0.3 is 4.90 Å². The molecular formula is C18H25N5O2. The summed E-state index contributed by atoms with van der Waals surface area (Å²) in [7, 11) is 0. The molecule has 7 nitrogen and oxygen atoms in total. The minimum atomic E-state index is -0.334. The van der Waals surface area contributed by atoms with Crippen molar-refractivity contribution >= 4 is 22.8 Å². The normalized spacial score (nSPS) is 27.5. The third kappa shape index (κ3) is 3.46. The van der Waals surface area contributed by atoms with Crippen LogP contribution < -0.4 is 10.3 Å². The van der Waals surface area contributed by atoms with Crippen molar-refractivity contribution in [2.75, 3.05) is 43.0 Å². The molecular weight excluding hydrogens is 318 g/mol. The predicted molar refractivity (Wildman–Crippen MR) is 99.4 cm³/mol. The first kappa shape index (κ1) is 16.3. The molecule has 4 aliphatic rings. The summed E-state index contributed by atoms with van der Waals surface area (Å²) >= 11 is 0. The Morgan fingerprint density at radius 2 is 1.88 bits per heavy atom. The third-order valence-corrected chi connectivity index (χ3v) is 5.66. The van der Waals surface area contributed by atoms with Gasteiger partial charge in [0.05, 0.1) is 10.6 Å². The molecule has 1 aromatic carbocycles. The fourth-order valence-corrected chi connectivity index (χ4v) is 4.16. The number of nitro benzene ring substituents is 1. The third-order valence-electron chi connectivity index (χ3n) is 5.66. The van der Waals surface area contributed by atoms with E-state index >= 15 is 0 Å². The van der Waals surface area contributed by atoms with Crippen LogP contribution in [0.25, 0.3) is 0 Å². The monoisotopic (exact) mass is 343 g/mol. The first-order chi connectivity index (χ1) is 12.2. The molecule has 5 rings (SSSR count). The highest BCUT2D eigenvalue weighted by Gasteiger charge is 2.31. The number of hydrogen-bond acceptors (Lipinski definition) is 6. The molecule has 0 atom stereocenters. The lowest BCUT2D eigenvalue weighted by atomic mass is 9.87. The number of piperidine rings is 4. The van der Waals surface area contributed by atoms with Gasteiger partial charge in [0, 0.05) is 37.3 Å². The van der Waals surface area contributed by atoms with Gasteiger partial charge in [-0.1, -0.05) is 0 Å². The summed E-state index contributed by atoms with van der Waals surface area (Å²) in [6.45, 7) is 5.21. The van der Waals surface area contributed by atoms with Crippen LogP contribution in [0.1, 0.15) is 32.1 Å². The van der Waals surface area contributed by atoms with E-state index in [4.69, 9.17) is 0 Å². The smallest absolute Gasteiger partial charge is 0.294 e.